The van der Waals surface area contributed by atoms with Crippen LogP contribution in [0.4, 0.5) is 0 Å². The van der Waals surface area contributed by atoms with Crippen LogP contribution in [-0.2, 0) is 0 Å². The van der Waals surface area contributed by atoms with Gasteiger partial charge in [0.2, 0.25) is 0 Å². The lowest BCUT2D eigenvalue weighted by Crippen LogP contribution is -2.19. The Bertz CT molecular complexity index is 333. The summed E-state index contributed by atoms with van der Waals surface area (Å²) in [7, 11) is 0. The number of halogens is 1. The van der Waals surface area contributed by atoms with E-state index >= 15 is 0 Å². The van der Waals surface area contributed by atoms with Gasteiger partial charge in [-0.2, -0.15) is 0 Å². The molecule has 0 saturated carbocycles. The monoisotopic (exact) mass is 230 g/mol. The molecule has 1 heterocycles. The van der Waals surface area contributed by atoms with E-state index < -0.39 is 0 Å². The van der Waals surface area contributed by atoms with Crippen LogP contribution in [0.15, 0.2) is 11.6 Å². The van der Waals surface area contributed by atoms with Crippen LogP contribution in [-0.4, -0.2) is 11.5 Å². The molecular weight excluding hydrogens is 216 g/mol. The molecule has 1 N–H and O–H groups in total. The van der Waals surface area contributed by atoms with E-state index in [1.54, 1.807) is 11.3 Å². The minimum Gasteiger partial charge on any atom is -0.304 e. The van der Waals surface area contributed by atoms with Gasteiger partial charge in [-0.15, -0.1) is 11.3 Å². The third-order valence-electron chi connectivity index (χ3n) is 1.93. The van der Waals surface area contributed by atoms with E-state index in [1.165, 1.54) is 4.88 Å². The first kappa shape index (κ1) is 11.7. The number of thiazole rings is 1. The van der Waals surface area contributed by atoms with Crippen LogP contribution in [0.5, 0.6) is 0 Å². The Hall–Kier alpha value is -0.380. The molecule has 0 fully saturated rings. The smallest absolute Gasteiger partial charge is 0.0900 e. The molecule has 1 aromatic rings. The summed E-state index contributed by atoms with van der Waals surface area (Å²) in [5, 5.41) is 5.03. The summed E-state index contributed by atoms with van der Waals surface area (Å²) in [6, 6.07) is 0.289. The maximum Gasteiger partial charge on any atom is 0.0900 e. The van der Waals surface area contributed by atoms with Gasteiger partial charge in [-0.3, -0.25) is 0 Å². The van der Waals surface area contributed by atoms with Crippen molar-refractivity contribution in [3.05, 3.63) is 27.2 Å². The van der Waals surface area contributed by atoms with Gasteiger partial charge in [0.25, 0.3) is 0 Å². The van der Waals surface area contributed by atoms with Crippen LogP contribution < -0.4 is 5.32 Å². The first-order chi connectivity index (χ1) is 6.50. The molecule has 0 radical (unpaired) electrons. The highest BCUT2D eigenvalue weighted by atomic mass is 35.5. The second-order valence-corrected chi connectivity index (χ2v) is 5.07. The van der Waals surface area contributed by atoms with Gasteiger partial charge < -0.3 is 5.32 Å². The zero-order valence-corrected chi connectivity index (χ0v) is 10.3. The Morgan fingerprint density at radius 2 is 2.29 bits per heavy atom. The molecule has 2 nitrogen and oxygen atoms in total. The maximum atomic E-state index is 5.69. The summed E-state index contributed by atoms with van der Waals surface area (Å²) >= 11 is 7.41. The van der Waals surface area contributed by atoms with Gasteiger partial charge in [-0.05, 0) is 20.8 Å². The summed E-state index contributed by atoms with van der Waals surface area (Å²) in [4.78, 5) is 5.66. The Morgan fingerprint density at radius 1 is 1.64 bits per heavy atom. The van der Waals surface area contributed by atoms with E-state index in [1.807, 2.05) is 13.8 Å². The van der Waals surface area contributed by atoms with E-state index in [9.17, 15) is 0 Å². The Morgan fingerprint density at radius 3 is 2.71 bits per heavy atom. The number of nitrogens with zero attached hydrogens (tertiary/aromatic N) is 1. The minimum absolute atomic E-state index is 0.289. The highest BCUT2D eigenvalue weighted by molar-refractivity contribution is 7.11. The summed E-state index contributed by atoms with van der Waals surface area (Å²) in [6.45, 7) is 10.4. The lowest BCUT2D eigenvalue weighted by molar-refractivity contribution is 0.620. The number of hydrogen-bond donors (Lipinski definition) is 1. The number of aromatic nitrogens is 1. The Kier molecular flexibility index (Phi) is 4.11. The summed E-state index contributed by atoms with van der Waals surface area (Å²) < 4.78 is 0. The summed E-state index contributed by atoms with van der Waals surface area (Å²) in [5.74, 6) is 0. The first-order valence-electron chi connectivity index (χ1n) is 4.51. The molecule has 1 atom stereocenters. The van der Waals surface area contributed by atoms with E-state index in [0.717, 1.165) is 10.7 Å². The van der Waals surface area contributed by atoms with Crippen molar-refractivity contribution in [1.82, 2.24) is 10.3 Å². The molecule has 1 unspecified atom stereocenters. The predicted octanol–water partition coefficient (Wildman–Crippen LogP) is 3.16. The molecule has 0 aromatic carbocycles. The van der Waals surface area contributed by atoms with Crippen LogP contribution in [0.2, 0.25) is 0 Å². The molecule has 0 bridgehead atoms. The third-order valence-corrected chi connectivity index (χ3v) is 3.32. The standard InChI is InChI=1S/C10H15ClN2S/c1-6(11)5-12-7(2)10-8(3)13-9(4)14-10/h7,12H,1,5H2,2-4H3. The number of aryl methyl sites for hydroxylation is 2. The average molecular weight is 231 g/mol. The molecular formula is C10H15ClN2S. The largest absolute Gasteiger partial charge is 0.304 e. The zero-order chi connectivity index (χ0) is 10.7. The van der Waals surface area contributed by atoms with Crippen molar-refractivity contribution in [1.29, 1.82) is 0 Å². The lowest BCUT2D eigenvalue weighted by Gasteiger charge is -2.11. The fourth-order valence-corrected chi connectivity index (χ4v) is 2.34. The van der Waals surface area contributed by atoms with Crippen molar-refractivity contribution < 1.29 is 0 Å². The second-order valence-electron chi connectivity index (χ2n) is 3.30. The molecule has 78 valence electrons. The van der Waals surface area contributed by atoms with Crippen molar-refractivity contribution in [2.75, 3.05) is 6.54 Å². The van der Waals surface area contributed by atoms with Crippen LogP contribution in [0.25, 0.3) is 0 Å². The molecule has 0 amide bonds. The number of rotatable bonds is 4. The topological polar surface area (TPSA) is 24.9 Å². The van der Waals surface area contributed by atoms with Crippen molar-refractivity contribution in [2.45, 2.75) is 26.8 Å². The van der Waals surface area contributed by atoms with E-state index in [-0.39, 0.29) is 6.04 Å². The Labute approximate surface area is 94.0 Å². The molecule has 1 aromatic heterocycles. The maximum absolute atomic E-state index is 5.69. The van der Waals surface area contributed by atoms with Gasteiger partial charge in [-0.1, -0.05) is 18.2 Å². The van der Waals surface area contributed by atoms with Crippen LogP contribution in [0, 0.1) is 13.8 Å². The molecule has 0 saturated heterocycles. The molecule has 0 aliphatic rings. The third kappa shape index (κ3) is 3.08. The van der Waals surface area contributed by atoms with Crippen LogP contribution >= 0.6 is 22.9 Å². The molecule has 1 rings (SSSR count). The van der Waals surface area contributed by atoms with E-state index in [2.05, 4.69) is 23.8 Å². The van der Waals surface area contributed by atoms with Gasteiger partial charge in [0.15, 0.2) is 0 Å². The molecule has 0 aliphatic heterocycles. The fourth-order valence-electron chi connectivity index (χ4n) is 1.31. The predicted molar refractivity (Wildman–Crippen MR) is 63.0 cm³/mol. The molecule has 14 heavy (non-hydrogen) atoms. The second kappa shape index (κ2) is 4.91. The van der Waals surface area contributed by atoms with Crippen molar-refractivity contribution in [2.24, 2.45) is 0 Å². The normalized spacial score (nSPS) is 12.9. The van der Waals surface area contributed by atoms with Gasteiger partial charge in [0.05, 0.1) is 10.7 Å². The van der Waals surface area contributed by atoms with Crippen molar-refractivity contribution in [3.63, 3.8) is 0 Å². The first-order valence-corrected chi connectivity index (χ1v) is 5.70. The minimum atomic E-state index is 0.289. The SMILES string of the molecule is C=C(Cl)CNC(C)c1sc(C)nc1C. The van der Waals surface area contributed by atoms with Gasteiger partial charge in [0, 0.05) is 22.5 Å². The zero-order valence-electron chi connectivity index (χ0n) is 8.72. The van der Waals surface area contributed by atoms with Crippen molar-refractivity contribution in [3.8, 4) is 0 Å². The lowest BCUT2D eigenvalue weighted by atomic mass is 10.2. The van der Waals surface area contributed by atoms with E-state index in [0.29, 0.717) is 11.6 Å². The van der Waals surface area contributed by atoms with Gasteiger partial charge >= 0.3 is 0 Å². The van der Waals surface area contributed by atoms with Gasteiger partial charge in [-0.25, -0.2) is 4.98 Å². The highest BCUT2D eigenvalue weighted by Crippen LogP contribution is 2.24. The van der Waals surface area contributed by atoms with Crippen LogP contribution in [0.1, 0.15) is 28.5 Å². The van der Waals surface area contributed by atoms with Gasteiger partial charge in [0.1, 0.15) is 0 Å². The average Bonchev–Trinajstić information content (AvgIpc) is 2.41. The molecule has 0 spiro atoms. The number of nitrogens with one attached hydrogen (secondary N) is 1. The van der Waals surface area contributed by atoms with Crippen LogP contribution in [0.3, 0.4) is 0 Å². The fraction of sp³-hybridized carbons (Fsp3) is 0.500. The Balaban J connectivity index is 2.64. The summed E-state index contributed by atoms with van der Waals surface area (Å²) in [6.07, 6.45) is 0. The summed E-state index contributed by atoms with van der Waals surface area (Å²) in [5.41, 5.74) is 1.10. The molecule has 0 aliphatic carbocycles. The highest BCUT2D eigenvalue weighted by Gasteiger charge is 2.11. The molecule has 4 heteroatoms. The number of hydrogen-bond acceptors (Lipinski definition) is 3. The van der Waals surface area contributed by atoms with Crippen molar-refractivity contribution >= 4 is 22.9 Å². The quantitative estimate of drug-likeness (QED) is 0.860. The van der Waals surface area contributed by atoms with E-state index in [4.69, 9.17) is 11.6 Å².